The maximum Gasteiger partial charge on any atom is 0.112 e. The first-order valence-corrected chi connectivity index (χ1v) is 9.00. The first kappa shape index (κ1) is 18.2. The van der Waals surface area contributed by atoms with Crippen LogP contribution in [0.5, 0.6) is 0 Å². The standard InChI is InChI=1S/C10H10Br2O.C9H10O/c11-10(12)6-9(10)13-7-8-4-2-1-3-5-8;1-2-10-8-9-6-4-3-5-7-9/h1-5,9H,6-7H2;2-7H,1,8H2. The minimum atomic E-state index is 0.0504. The van der Waals surface area contributed by atoms with E-state index in [1.165, 1.54) is 17.4 Å². The lowest BCUT2D eigenvalue weighted by Crippen LogP contribution is -2.01. The molecule has 1 atom stereocenters. The Morgan fingerprint density at radius 2 is 1.43 bits per heavy atom. The number of ether oxygens (including phenoxy) is 2. The molecule has 0 saturated heterocycles. The number of benzene rings is 2. The number of halogens is 2. The van der Waals surface area contributed by atoms with E-state index in [1.807, 2.05) is 48.5 Å². The van der Waals surface area contributed by atoms with Gasteiger partial charge in [-0.1, -0.05) is 99.1 Å². The Labute approximate surface area is 154 Å². The van der Waals surface area contributed by atoms with Gasteiger partial charge in [-0.25, -0.2) is 0 Å². The molecule has 122 valence electrons. The van der Waals surface area contributed by atoms with Crippen LogP contribution in [0.3, 0.4) is 0 Å². The zero-order chi connectivity index (χ0) is 16.5. The molecule has 2 nitrogen and oxygen atoms in total. The first-order valence-electron chi connectivity index (χ1n) is 7.41. The highest BCUT2D eigenvalue weighted by Gasteiger charge is 2.51. The van der Waals surface area contributed by atoms with E-state index < -0.39 is 0 Å². The second-order valence-corrected chi connectivity index (χ2v) is 9.11. The fourth-order valence-corrected chi connectivity index (χ4v) is 2.72. The fraction of sp³-hybridized carbons (Fsp3) is 0.263. The normalized spacial score (nSPS) is 17.6. The molecule has 0 aromatic heterocycles. The molecule has 0 N–H and O–H groups in total. The number of hydrogen-bond donors (Lipinski definition) is 0. The van der Waals surface area contributed by atoms with Gasteiger partial charge in [-0.15, -0.1) is 0 Å². The quantitative estimate of drug-likeness (QED) is 0.417. The summed E-state index contributed by atoms with van der Waals surface area (Å²) in [5.74, 6) is 0. The highest BCUT2D eigenvalue weighted by atomic mass is 79.9. The van der Waals surface area contributed by atoms with Gasteiger partial charge in [0.05, 0.1) is 19.0 Å². The maximum absolute atomic E-state index is 5.66. The molecule has 0 heterocycles. The summed E-state index contributed by atoms with van der Waals surface area (Å²) in [6.45, 7) is 4.77. The van der Waals surface area contributed by atoms with Crippen molar-refractivity contribution in [1.29, 1.82) is 0 Å². The Morgan fingerprint density at radius 3 is 1.87 bits per heavy atom. The summed E-state index contributed by atoms with van der Waals surface area (Å²) in [6, 6.07) is 20.2. The molecule has 1 aliphatic carbocycles. The Kier molecular flexibility index (Phi) is 7.34. The minimum Gasteiger partial charge on any atom is -0.497 e. The molecule has 0 bridgehead atoms. The summed E-state index contributed by atoms with van der Waals surface area (Å²) in [5, 5.41) is 0. The molecule has 2 aromatic rings. The Morgan fingerprint density at radius 1 is 0.957 bits per heavy atom. The van der Waals surface area contributed by atoms with Crippen LogP contribution in [-0.2, 0) is 22.7 Å². The van der Waals surface area contributed by atoms with E-state index in [-0.39, 0.29) is 3.23 Å². The molecular formula is C19H20Br2O2. The van der Waals surface area contributed by atoms with Crippen molar-refractivity contribution in [1.82, 2.24) is 0 Å². The largest absolute Gasteiger partial charge is 0.497 e. The molecule has 1 saturated carbocycles. The Hall–Kier alpha value is -1.10. The average Bonchev–Trinajstić information content (AvgIpc) is 3.20. The molecule has 0 aliphatic heterocycles. The van der Waals surface area contributed by atoms with Gasteiger partial charge in [0.25, 0.3) is 0 Å². The lowest BCUT2D eigenvalue weighted by atomic mass is 10.2. The van der Waals surface area contributed by atoms with Crippen molar-refractivity contribution in [3.05, 3.63) is 84.6 Å². The van der Waals surface area contributed by atoms with Crippen LogP contribution in [0.2, 0.25) is 0 Å². The van der Waals surface area contributed by atoms with Crippen molar-refractivity contribution in [3.63, 3.8) is 0 Å². The second kappa shape index (κ2) is 9.26. The zero-order valence-electron chi connectivity index (χ0n) is 12.8. The van der Waals surface area contributed by atoms with Gasteiger partial charge in [-0.2, -0.15) is 0 Å². The summed E-state index contributed by atoms with van der Waals surface area (Å²) < 4.78 is 10.7. The summed E-state index contributed by atoms with van der Waals surface area (Å²) in [6.07, 6.45) is 2.81. The maximum atomic E-state index is 5.66. The molecule has 0 radical (unpaired) electrons. The highest BCUT2D eigenvalue weighted by Crippen LogP contribution is 2.52. The molecule has 3 rings (SSSR count). The Balaban J connectivity index is 0.000000174. The van der Waals surface area contributed by atoms with Crippen LogP contribution in [0.4, 0.5) is 0 Å². The van der Waals surface area contributed by atoms with Crippen LogP contribution < -0.4 is 0 Å². The molecule has 1 aliphatic rings. The molecule has 4 heteroatoms. The van der Waals surface area contributed by atoms with Crippen LogP contribution in [0.1, 0.15) is 17.5 Å². The molecule has 1 unspecified atom stereocenters. The average molecular weight is 440 g/mol. The van der Waals surface area contributed by atoms with Gasteiger partial charge in [0.1, 0.15) is 9.84 Å². The monoisotopic (exact) mass is 438 g/mol. The number of hydrogen-bond acceptors (Lipinski definition) is 2. The van der Waals surface area contributed by atoms with Gasteiger partial charge >= 0.3 is 0 Å². The highest BCUT2D eigenvalue weighted by molar-refractivity contribution is 9.25. The third-order valence-electron chi connectivity index (χ3n) is 3.27. The molecule has 1 fully saturated rings. The lowest BCUT2D eigenvalue weighted by Gasteiger charge is -2.03. The van der Waals surface area contributed by atoms with Crippen molar-refractivity contribution in [2.75, 3.05) is 0 Å². The van der Waals surface area contributed by atoms with Crippen molar-refractivity contribution in [2.24, 2.45) is 0 Å². The topological polar surface area (TPSA) is 18.5 Å². The van der Waals surface area contributed by atoms with Gasteiger partial charge in [0.15, 0.2) is 0 Å². The smallest absolute Gasteiger partial charge is 0.112 e. The van der Waals surface area contributed by atoms with E-state index >= 15 is 0 Å². The molecule has 0 amide bonds. The summed E-state index contributed by atoms with van der Waals surface area (Å²) in [4.78, 5) is 0. The fourth-order valence-electron chi connectivity index (χ4n) is 1.87. The zero-order valence-corrected chi connectivity index (χ0v) is 16.0. The van der Waals surface area contributed by atoms with Gasteiger partial charge in [-0.05, 0) is 11.1 Å². The molecule has 2 aromatic carbocycles. The van der Waals surface area contributed by atoms with Crippen LogP contribution in [0.25, 0.3) is 0 Å². The summed E-state index contributed by atoms with van der Waals surface area (Å²) >= 11 is 7.04. The predicted molar refractivity (Wildman–Crippen MR) is 102 cm³/mol. The van der Waals surface area contributed by atoms with Gasteiger partial charge < -0.3 is 9.47 Å². The van der Waals surface area contributed by atoms with E-state index in [4.69, 9.17) is 9.47 Å². The van der Waals surface area contributed by atoms with Crippen LogP contribution in [0.15, 0.2) is 73.5 Å². The predicted octanol–water partition coefficient (Wildman–Crippen LogP) is 5.81. The van der Waals surface area contributed by atoms with Crippen LogP contribution in [0, 0.1) is 0 Å². The van der Waals surface area contributed by atoms with Crippen LogP contribution in [-0.4, -0.2) is 9.34 Å². The van der Waals surface area contributed by atoms with Crippen LogP contribution >= 0.6 is 31.9 Å². The molecule has 23 heavy (non-hydrogen) atoms. The van der Waals surface area contributed by atoms with Gasteiger partial charge in [0, 0.05) is 6.42 Å². The van der Waals surface area contributed by atoms with E-state index in [0.29, 0.717) is 19.3 Å². The lowest BCUT2D eigenvalue weighted by molar-refractivity contribution is 0.106. The SMILES string of the molecule is BrC1(Br)CC1OCc1ccccc1.C=COCc1ccccc1. The second-order valence-electron chi connectivity index (χ2n) is 5.21. The van der Waals surface area contributed by atoms with E-state index in [0.717, 1.165) is 6.42 Å². The minimum absolute atomic E-state index is 0.0504. The van der Waals surface area contributed by atoms with Gasteiger partial charge in [0.2, 0.25) is 0 Å². The van der Waals surface area contributed by atoms with E-state index in [2.05, 4.69) is 50.6 Å². The number of rotatable bonds is 6. The van der Waals surface area contributed by atoms with E-state index in [9.17, 15) is 0 Å². The first-order chi connectivity index (χ1) is 11.1. The summed E-state index contributed by atoms with van der Waals surface area (Å²) in [7, 11) is 0. The third-order valence-corrected chi connectivity index (χ3v) is 4.94. The van der Waals surface area contributed by atoms with Crippen molar-refractivity contribution >= 4 is 31.9 Å². The molecular weight excluding hydrogens is 420 g/mol. The van der Waals surface area contributed by atoms with E-state index in [1.54, 1.807) is 0 Å². The summed E-state index contributed by atoms with van der Waals surface area (Å²) in [5.41, 5.74) is 2.40. The van der Waals surface area contributed by atoms with Crippen molar-refractivity contribution in [3.8, 4) is 0 Å². The van der Waals surface area contributed by atoms with Gasteiger partial charge in [-0.3, -0.25) is 0 Å². The van der Waals surface area contributed by atoms with Crippen molar-refractivity contribution < 1.29 is 9.47 Å². The number of alkyl halides is 2. The molecule has 0 spiro atoms. The third kappa shape index (κ3) is 6.90. The van der Waals surface area contributed by atoms with Crippen molar-refractivity contribution in [2.45, 2.75) is 29.0 Å². The Bertz CT molecular complexity index is 585.